The molecule has 4 aliphatic rings. The number of nitrogens with one attached hydrogen (secondary N) is 1. The molecule has 0 unspecified atom stereocenters. The van der Waals surface area contributed by atoms with Crippen molar-refractivity contribution in [3.05, 3.63) is 43.1 Å². The third kappa shape index (κ3) is 7.54. The molecule has 5 atom stereocenters. The van der Waals surface area contributed by atoms with Gasteiger partial charge in [-0.3, -0.25) is 23.9 Å². The number of ether oxygens (including phenoxy) is 2. The van der Waals surface area contributed by atoms with E-state index in [2.05, 4.69) is 16.3 Å². The number of methoxy groups -OCH3 is 1. The van der Waals surface area contributed by atoms with Crippen LogP contribution in [0.2, 0.25) is 0 Å². The van der Waals surface area contributed by atoms with E-state index < -0.39 is 50.1 Å². The SMILES string of the molecule is C=C[C@@H]1C[C@]1(CC(=O)[C@@H]1C[C@@H](Oc2nccc3cc(OC)ccc23)CN1C(=O)[C@@H](CC(=O)CC1CC1)C(C)(C)C)C(=O)NS(=O)(=O)C1CC1. The molecule has 11 nitrogen and oxygen atoms in total. The van der Waals surface area contributed by atoms with Gasteiger partial charge in [-0.05, 0) is 79.0 Å². The number of nitrogens with zero attached hydrogens (tertiary/aromatic N) is 2. The van der Waals surface area contributed by atoms with E-state index in [1.807, 2.05) is 39.0 Å². The van der Waals surface area contributed by atoms with Crippen LogP contribution in [0.1, 0.15) is 78.6 Å². The first-order valence-electron chi connectivity index (χ1n) is 17.3. The third-order valence-corrected chi connectivity index (χ3v) is 12.5. The van der Waals surface area contributed by atoms with Crippen molar-refractivity contribution in [1.29, 1.82) is 0 Å². The van der Waals surface area contributed by atoms with E-state index in [4.69, 9.17) is 9.47 Å². The molecule has 4 fully saturated rings. The molecule has 6 rings (SSSR count). The van der Waals surface area contributed by atoms with Gasteiger partial charge >= 0.3 is 0 Å². The number of aromatic nitrogens is 1. The highest BCUT2D eigenvalue weighted by molar-refractivity contribution is 7.90. The van der Waals surface area contributed by atoms with Crippen molar-refractivity contribution in [3.8, 4) is 11.6 Å². The molecule has 0 spiro atoms. The highest BCUT2D eigenvalue weighted by Gasteiger charge is 2.61. The average Bonchev–Trinajstić information content (AvgIpc) is 3.94. The number of benzene rings is 1. The molecule has 2 aromatic rings. The van der Waals surface area contributed by atoms with Gasteiger partial charge in [-0.15, -0.1) is 6.58 Å². The van der Waals surface area contributed by atoms with Crippen molar-refractivity contribution >= 4 is 44.2 Å². The number of hydrogen-bond acceptors (Lipinski definition) is 9. The van der Waals surface area contributed by atoms with Gasteiger partial charge in [0.15, 0.2) is 5.78 Å². The standard InChI is InChI=1S/C37H47N3O8S/c1-6-24-19-37(24,35(44)39-49(45,46)28-10-11-28)20-32(42)31-18-27(48-33-29-12-9-26(47-5)16-23(29)13-14-38-33)21-40(31)34(43)30(36(2,3)4)17-25(41)15-22-7-8-22/h6,9,12-14,16,22,24,27-28,30-31H,1,7-8,10-11,15,17-21H2,2-5H3,(H,39,44)/t24-,27-,30-,31+,37-/m1/s1. The number of carbonyl (C=O) groups excluding carboxylic acids is 4. The summed E-state index contributed by atoms with van der Waals surface area (Å²) in [4.78, 5) is 61.4. The van der Waals surface area contributed by atoms with Crippen LogP contribution in [0.25, 0.3) is 10.8 Å². The monoisotopic (exact) mass is 693 g/mol. The molecular formula is C37H47N3O8S. The number of amides is 2. The van der Waals surface area contributed by atoms with Crippen LogP contribution in [0.15, 0.2) is 43.1 Å². The van der Waals surface area contributed by atoms with Crippen LogP contribution >= 0.6 is 0 Å². The summed E-state index contributed by atoms with van der Waals surface area (Å²) in [5, 5.41) is 1.00. The van der Waals surface area contributed by atoms with E-state index in [0.717, 1.165) is 23.6 Å². The quantitative estimate of drug-likeness (QED) is 0.260. The molecule has 0 radical (unpaired) electrons. The summed E-state index contributed by atoms with van der Waals surface area (Å²) < 4.78 is 39.4. The number of sulfonamides is 1. The molecule has 2 amide bonds. The lowest BCUT2D eigenvalue weighted by Crippen LogP contribution is -2.48. The van der Waals surface area contributed by atoms with Crippen LogP contribution in [0.5, 0.6) is 11.6 Å². The molecule has 1 aromatic heterocycles. The summed E-state index contributed by atoms with van der Waals surface area (Å²) in [6.07, 6.45) is 6.39. The summed E-state index contributed by atoms with van der Waals surface area (Å²) in [5.74, 6) is -0.932. The highest BCUT2D eigenvalue weighted by Crippen LogP contribution is 2.57. The maximum Gasteiger partial charge on any atom is 0.240 e. The first kappa shape index (κ1) is 35.0. The Morgan fingerprint density at radius 3 is 2.49 bits per heavy atom. The zero-order valence-corrected chi connectivity index (χ0v) is 29.6. The lowest BCUT2D eigenvalue weighted by Gasteiger charge is -2.35. The van der Waals surface area contributed by atoms with Crippen molar-refractivity contribution < 1.29 is 37.1 Å². The summed E-state index contributed by atoms with van der Waals surface area (Å²) in [6.45, 7) is 9.68. The maximum absolute atomic E-state index is 14.5. The minimum Gasteiger partial charge on any atom is -0.497 e. The number of hydrogen-bond donors (Lipinski definition) is 1. The molecule has 2 heterocycles. The Morgan fingerprint density at radius 1 is 1.14 bits per heavy atom. The highest BCUT2D eigenvalue weighted by atomic mass is 32.2. The molecular weight excluding hydrogens is 646 g/mol. The lowest BCUT2D eigenvalue weighted by molar-refractivity contribution is -0.146. The Labute approximate surface area is 288 Å². The van der Waals surface area contributed by atoms with Crippen molar-refractivity contribution in [2.24, 2.45) is 28.6 Å². The summed E-state index contributed by atoms with van der Waals surface area (Å²) in [6, 6.07) is 6.42. The first-order valence-corrected chi connectivity index (χ1v) is 18.8. The number of fused-ring (bicyclic) bond motifs is 1. The predicted molar refractivity (Wildman–Crippen MR) is 183 cm³/mol. The van der Waals surface area contributed by atoms with Crippen molar-refractivity contribution in [2.75, 3.05) is 13.7 Å². The van der Waals surface area contributed by atoms with Gasteiger partial charge in [0.1, 0.15) is 17.6 Å². The fraction of sp³-hybridized carbons (Fsp3) is 0.595. The fourth-order valence-electron chi connectivity index (χ4n) is 7.17. The minimum absolute atomic E-state index is 0.0420. The molecule has 3 saturated carbocycles. The largest absolute Gasteiger partial charge is 0.497 e. The number of ketones is 2. The van der Waals surface area contributed by atoms with Gasteiger partial charge in [-0.1, -0.05) is 26.8 Å². The Bertz CT molecular complexity index is 1780. The first-order chi connectivity index (χ1) is 23.1. The number of Topliss-reactive ketones (excluding diaryl/α,β-unsaturated/α-hetero) is 2. The van der Waals surface area contributed by atoms with Crippen LogP contribution in [-0.4, -0.2) is 72.7 Å². The topological polar surface area (TPSA) is 149 Å². The van der Waals surface area contributed by atoms with Crippen molar-refractivity contribution in [3.63, 3.8) is 0 Å². The Morgan fingerprint density at radius 2 is 1.88 bits per heavy atom. The van der Waals surface area contributed by atoms with Crippen LogP contribution in [0, 0.1) is 28.6 Å². The summed E-state index contributed by atoms with van der Waals surface area (Å²) in [7, 11) is -2.24. The zero-order chi connectivity index (χ0) is 35.3. The van der Waals surface area contributed by atoms with Crippen LogP contribution in [-0.2, 0) is 29.2 Å². The number of pyridine rings is 1. The summed E-state index contributed by atoms with van der Waals surface area (Å²) >= 11 is 0. The molecule has 49 heavy (non-hydrogen) atoms. The van der Waals surface area contributed by atoms with E-state index >= 15 is 0 Å². The van der Waals surface area contributed by atoms with Gasteiger partial charge in [-0.2, -0.15) is 0 Å². The second kappa shape index (κ2) is 13.2. The Balaban J connectivity index is 1.27. The predicted octanol–water partition coefficient (Wildman–Crippen LogP) is 4.77. The molecule has 3 aliphatic carbocycles. The normalized spacial score (nSPS) is 25.8. The van der Waals surface area contributed by atoms with Gasteiger partial charge in [0.05, 0.1) is 30.4 Å². The number of likely N-dealkylation sites (tertiary alicyclic amines) is 1. The lowest BCUT2D eigenvalue weighted by atomic mass is 9.76. The van der Waals surface area contributed by atoms with Gasteiger partial charge in [0.2, 0.25) is 27.7 Å². The molecule has 1 aromatic carbocycles. The van der Waals surface area contributed by atoms with Crippen LogP contribution in [0.3, 0.4) is 0 Å². The van der Waals surface area contributed by atoms with Crippen molar-refractivity contribution in [1.82, 2.24) is 14.6 Å². The number of carbonyl (C=O) groups is 4. The molecule has 264 valence electrons. The number of rotatable bonds is 15. The van der Waals surface area contributed by atoms with E-state index in [1.54, 1.807) is 25.4 Å². The van der Waals surface area contributed by atoms with Gasteiger partial charge in [-0.25, -0.2) is 13.4 Å². The van der Waals surface area contributed by atoms with Gasteiger partial charge < -0.3 is 14.4 Å². The molecule has 12 heteroatoms. The van der Waals surface area contributed by atoms with Gasteiger partial charge in [0.25, 0.3) is 0 Å². The van der Waals surface area contributed by atoms with E-state index in [1.165, 1.54) is 4.90 Å². The maximum atomic E-state index is 14.5. The second-order valence-corrected chi connectivity index (χ2v) is 17.5. The van der Waals surface area contributed by atoms with Crippen molar-refractivity contribution in [2.45, 2.75) is 96.0 Å². The minimum atomic E-state index is -3.83. The third-order valence-electron chi connectivity index (χ3n) is 10.7. The Kier molecular flexibility index (Phi) is 9.40. The Hall–Kier alpha value is -3.80. The second-order valence-electron chi connectivity index (χ2n) is 15.5. The number of allylic oxidation sites excluding steroid dienone is 1. The fourth-order valence-corrected chi connectivity index (χ4v) is 8.55. The van der Waals surface area contributed by atoms with E-state index in [0.29, 0.717) is 43.2 Å². The molecule has 1 saturated heterocycles. The molecule has 0 bridgehead atoms. The average molecular weight is 694 g/mol. The zero-order valence-electron chi connectivity index (χ0n) is 28.8. The molecule has 1 N–H and O–H groups in total. The van der Waals surface area contributed by atoms with Crippen LogP contribution < -0.4 is 14.2 Å². The van der Waals surface area contributed by atoms with Crippen LogP contribution in [0.4, 0.5) is 0 Å². The smallest absolute Gasteiger partial charge is 0.240 e. The molecule has 1 aliphatic heterocycles. The van der Waals surface area contributed by atoms with E-state index in [-0.39, 0.29) is 49.2 Å². The van der Waals surface area contributed by atoms with E-state index in [9.17, 15) is 27.6 Å². The van der Waals surface area contributed by atoms with Gasteiger partial charge in [0, 0.05) is 43.2 Å². The summed E-state index contributed by atoms with van der Waals surface area (Å²) in [5.41, 5.74) is -1.82.